The standard InChI is InChI=1S/C24H18F3N3O3.C21H28N2O5.C13H23NO4.C8H6BrNO/c25-18-9-15(10-19(26)22(18)27)13-30-8-2-4-17(24(30)33)23(32)28-7-1-3-14-5-6-16-12-21(31)29-20(16)11-14;1-20(2,3)27-18(25)23(19(26)28-21(4,5)6)11-7-8-14-9-10-15-13-17(24)22-16(15)12-14;1-8-9-14(10(15)17-12(2,3)4)11(16)18-13(5,6)7;9-6-2-1-5-3-8(11)10-7(5)4-6/h1-6,8-11H,7,12-13H2,(H,28,32)(H,29,31);7-10,12H,11,13H2,1-6H3,(H,22,24);8H,1,9H2,2-7H3;1-2,4H,3H2,(H,10,11)/b3-1+;8-7+;;. The monoisotopic (exact) mass is 1310 g/mol. The van der Waals surface area contributed by atoms with E-state index < -0.39 is 75.7 Å². The summed E-state index contributed by atoms with van der Waals surface area (Å²) in [7, 11) is 0. The summed E-state index contributed by atoms with van der Waals surface area (Å²) in [6.07, 6.45) is 7.95. The normalized spacial score (nSPS) is 13.0. The molecular weight excluding hydrogens is 1240 g/mol. The van der Waals surface area contributed by atoms with Crippen LogP contribution in [0.15, 0.2) is 119 Å². The first-order valence-corrected chi connectivity index (χ1v) is 29.1. The average molecular weight is 1310 g/mol. The lowest BCUT2D eigenvalue weighted by atomic mass is 10.1. The van der Waals surface area contributed by atoms with Gasteiger partial charge in [0.05, 0.1) is 38.9 Å². The van der Waals surface area contributed by atoms with Crippen molar-refractivity contribution in [2.45, 2.75) is 131 Å². The van der Waals surface area contributed by atoms with Crippen molar-refractivity contribution in [3.05, 3.63) is 181 Å². The van der Waals surface area contributed by atoms with Crippen molar-refractivity contribution in [3.8, 4) is 0 Å². The number of ether oxygens (including phenoxy) is 4. The summed E-state index contributed by atoms with van der Waals surface area (Å²) in [4.78, 5) is 109. The smallest absolute Gasteiger partial charge is 0.420 e. The van der Waals surface area contributed by atoms with Gasteiger partial charge in [-0.1, -0.05) is 76.6 Å². The highest BCUT2D eigenvalue weighted by atomic mass is 79.9. The first-order valence-electron chi connectivity index (χ1n) is 28.3. The van der Waals surface area contributed by atoms with Gasteiger partial charge < -0.3 is 44.8 Å². The molecule has 0 unspecified atom stereocenters. The van der Waals surface area contributed by atoms with Crippen LogP contribution in [0.2, 0.25) is 0 Å². The van der Waals surface area contributed by atoms with E-state index in [2.05, 4.69) is 43.8 Å². The Balaban J connectivity index is 0.000000233. The van der Waals surface area contributed by atoms with Crippen molar-refractivity contribution >= 4 is 93.1 Å². The lowest BCUT2D eigenvalue weighted by Gasteiger charge is -2.28. The zero-order chi connectivity index (χ0) is 67.1. The number of halogens is 4. The van der Waals surface area contributed by atoms with Crippen molar-refractivity contribution in [2.24, 2.45) is 0 Å². The summed E-state index contributed by atoms with van der Waals surface area (Å²) in [6.45, 7) is 24.2. The summed E-state index contributed by atoms with van der Waals surface area (Å²) in [5.41, 5.74) is 3.55. The predicted molar refractivity (Wildman–Crippen MR) is 339 cm³/mol. The number of nitrogens with one attached hydrogen (secondary N) is 4. The molecule has 5 aromatic rings. The van der Waals surface area contributed by atoms with Crippen LogP contribution >= 0.6 is 15.9 Å². The van der Waals surface area contributed by atoms with Crippen LogP contribution in [0.4, 0.5) is 49.4 Å². The number of anilines is 3. The Bertz CT molecular complexity index is 3590. The number of hydrogen-bond acceptors (Lipinski definition) is 13. The molecule has 3 aliphatic heterocycles. The summed E-state index contributed by atoms with van der Waals surface area (Å²) < 4.78 is 63.0. The van der Waals surface area contributed by atoms with Gasteiger partial charge in [0, 0.05) is 34.3 Å². The number of imide groups is 2. The van der Waals surface area contributed by atoms with Gasteiger partial charge in [0.1, 0.15) is 28.0 Å². The van der Waals surface area contributed by atoms with Crippen LogP contribution in [0.1, 0.15) is 127 Å². The summed E-state index contributed by atoms with van der Waals surface area (Å²) >= 11 is 3.33. The van der Waals surface area contributed by atoms with E-state index in [1.807, 2.05) is 54.6 Å². The van der Waals surface area contributed by atoms with Crippen LogP contribution in [0.5, 0.6) is 0 Å². The molecule has 0 bridgehead atoms. The lowest BCUT2D eigenvalue weighted by Crippen LogP contribution is -2.43. The van der Waals surface area contributed by atoms with E-state index in [0.29, 0.717) is 19.3 Å². The maximum atomic E-state index is 13.4. The third kappa shape index (κ3) is 23.0. The van der Waals surface area contributed by atoms with Crippen LogP contribution in [0, 0.1) is 17.5 Å². The Labute approximate surface area is 529 Å². The van der Waals surface area contributed by atoms with Crippen molar-refractivity contribution in [1.82, 2.24) is 19.7 Å². The molecule has 4 N–H and O–H groups in total. The molecule has 480 valence electrons. The van der Waals surface area contributed by atoms with E-state index in [9.17, 15) is 56.3 Å². The second kappa shape index (κ2) is 30.7. The topological polar surface area (TPSA) is 250 Å². The van der Waals surface area contributed by atoms with Crippen LogP contribution in [-0.2, 0) is 59.1 Å². The first-order chi connectivity index (χ1) is 41.9. The van der Waals surface area contributed by atoms with E-state index in [-0.39, 0.29) is 55.0 Å². The molecule has 0 atom stereocenters. The number of pyridine rings is 1. The molecular formula is C66H75BrF3N7O13. The van der Waals surface area contributed by atoms with Crippen molar-refractivity contribution in [1.29, 1.82) is 0 Å². The van der Waals surface area contributed by atoms with Gasteiger partial charge in [-0.3, -0.25) is 24.0 Å². The van der Waals surface area contributed by atoms with Gasteiger partial charge in [-0.15, -0.1) is 6.58 Å². The van der Waals surface area contributed by atoms with Crippen LogP contribution < -0.4 is 26.8 Å². The predicted octanol–water partition coefficient (Wildman–Crippen LogP) is 12.9. The molecule has 90 heavy (non-hydrogen) atoms. The third-order valence-electron chi connectivity index (χ3n) is 11.9. The fraction of sp³-hybridized carbons (Fsp3) is 0.348. The van der Waals surface area contributed by atoms with Crippen LogP contribution in [-0.4, -0.2) is 104 Å². The van der Waals surface area contributed by atoms with E-state index in [1.54, 1.807) is 107 Å². The highest BCUT2D eigenvalue weighted by Gasteiger charge is 2.32. The number of rotatable bonds is 11. The van der Waals surface area contributed by atoms with E-state index in [4.69, 9.17) is 18.9 Å². The molecule has 0 aliphatic carbocycles. The Morgan fingerprint density at radius 3 is 1.40 bits per heavy atom. The van der Waals surface area contributed by atoms with Gasteiger partial charge in [-0.25, -0.2) is 42.1 Å². The molecule has 0 spiro atoms. The zero-order valence-corrected chi connectivity index (χ0v) is 53.9. The number of carbonyl (C=O) groups is 8. The minimum atomic E-state index is -1.59. The SMILES string of the molecule is C=CCN(C(=O)OC(C)(C)C)C(=O)OC(C)(C)C.CC(C)(C)OC(=O)N(C/C=C/c1ccc2c(c1)NC(=O)C2)C(=O)OC(C)(C)C.O=C1Cc2ccc(/C=C/CNC(=O)c3cccn(Cc4cc(F)c(F)c(F)c4)c3=O)cc2N1.O=C1Cc2ccc(Br)cc2N1. The van der Waals surface area contributed by atoms with Gasteiger partial charge >= 0.3 is 24.4 Å². The van der Waals surface area contributed by atoms with Gasteiger partial charge in [0.15, 0.2) is 17.5 Å². The van der Waals surface area contributed by atoms with E-state index >= 15 is 0 Å². The van der Waals surface area contributed by atoms with Crippen molar-refractivity contribution < 1.29 is 70.5 Å². The summed E-state index contributed by atoms with van der Waals surface area (Å²) in [5.74, 6) is -4.92. The highest BCUT2D eigenvalue weighted by molar-refractivity contribution is 9.10. The number of carbonyl (C=O) groups excluding carboxylic acids is 8. The largest absolute Gasteiger partial charge is 0.443 e. The summed E-state index contributed by atoms with van der Waals surface area (Å²) in [5, 5.41) is 10.9. The van der Waals surface area contributed by atoms with Crippen molar-refractivity contribution in [3.63, 3.8) is 0 Å². The minimum Gasteiger partial charge on any atom is -0.443 e. The Morgan fingerprint density at radius 2 is 0.978 bits per heavy atom. The van der Waals surface area contributed by atoms with E-state index in [0.717, 1.165) is 75.9 Å². The van der Waals surface area contributed by atoms with Crippen molar-refractivity contribution in [2.75, 3.05) is 35.6 Å². The summed E-state index contributed by atoms with van der Waals surface area (Å²) in [6, 6.07) is 21.4. The zero-order valence-electron chi connectivity index (χ0n) is 52.3. The molecule has 0 radical (unpaired) electrons. The number of benzene rings is 4. The second-order valence-corrected chi connectivity index (χ2v) is 25.4. The van der Waals surface area contributed by atoms with Gasteiger partial charge in [0.25, 0.3) is 11.5 Å². The Hall–Kier alpha value is -9.32. The fourth-order valence-electron chi connectivity index (χ4n) is 8.17. The molecule has 3 aliphatic rings. The highest BCUT2D eigenvalue weighted by Crippen LogP contribution is 2.28. The molecule has 0 saturated carbocycles. The quantitative estimate of drug-likeness (QED) is 0.0546. The first kappa shape index (κ1) is 71.4. The maximum Gasteiger partial charge on any atom is 0.420 e. The molecule has 0 fully saturated rings. The molecule has 24 heteroatoms. The second-order valence-electron chi connectivity index (χ2n) is 24.5. The number of aromatic nitrogens is 1. The lowest BCUT2D eigenvalue weighted by molar-refractivity contribution is -0.115. The van der Waals surface area contributed by atoms with Crippen LogP contribution in [0.3, 0.4) is 0 Å². The molecule has 4 aromatic carbocycles. The molecule has 1 aromatic heterocycles. The third-order valence-corrected chi connectivity index (χ3v) is 12.4. The molecule has 8 amide bonds. The van der Waals surface area contributed by atoms with Crippen LogP contribution in [0.25, 0.3) is 12.2 Å². The molecule has 20 nitrogen and oxygen atoms in total. The number of hydrogen-bond donors (Lipinski definition) is 4. The Kier molecular flexibility index (Phi) is 24.4. The van der Waals surface area contributed by atoms with E-state index in [1.165, 1.54) is 24.4 Å². The number of nitrogens with zero attached hydrogens (tertiary/aromatic N) is 3. The maximum absolute atomic E-state index is 13.4. The van der Waals surface area contributed by atoms with Gasteiger partial charge in [-0.2, -0.15) is 0 Å². The van der Waals surface area contributed by atoms with Gasteiger partial charge in [0.2, 0.25) is 17.7 Å². The number of fused-ring (bicyclic) bond motifs is 3. The van der Waals surface area contributed by atoms with Gasteiger partial charge in [-0.05, 0) is 165 Å². The fourth-order valence-corrected chi connectivity index (χ4v) is 8.53. The Morgan fingerprint density at radius 1 is 0.578 bits per heavy atom. The average Bonchev–Trinajstić information content (AvgIpc) is 1.49. The number of amides is 8. The molecule has 0 saturated heterocycles. The minimum absolute atomic E-state index is 0.00668. The molecule has 4 heterocycles. The molecule has 8 rings (SSSR count).